The van der Waals surface area contributed by atoms with Crippen molar-refractivity contribution in [2.24, 2.45) is 5.92 Å². The minimum absolute atomic E-state index is 0.0878. The van der Waals surface area contributed by atoms with Gasteiger partial charge in [-0.25, -0.2) is 0 Å². The first-order valence-corrected chi connectivity index (χ1v) is 8.53. The van der Waals surface area contributed by atoms with Crippen LogP contribution in [0.5, 0.6) is 0 Å². The molecule has 0 aliphatic heterocycles. The van der Waals surface area contributed by atoms with Crippen LogP contribution in [-0.2, 0) is 4.74 Å². The molecule has 1 fully saturated rings. The third kappa shape index (κ3) is 4.00. The summed E-state index contributed by atoms with van der Waals surface area (Å²) < 4.78 is 6.08. The van der Waals surface area contributed by atoms with E-state index in [2.05, 4.69) is 31.3 Å². The lowest BCUT2D eigenvalue weighted by Crippen LogP contribution is -2.48. The van der Waals surface area contributed by atoms with Crippen molar-refractivity contribution >= 4 is 11.6 Å². The molecule has 0 bridgehead atoms. The SMILES string of the molecule is CCCNC(c1ccc(Cl)cc1)C1(OC)CCC(C)CC1. The molecule has 2 nitrogen and oxygen atoms in total. The van der Waals surface area contributed by atoms with Gasteiger partial charge in [-0.15, -0.1) is 0 Å². The number of halogens is 1. The Morgan fingerprint density at radius 3 is 2.43 bits per heavy atom. The van der Waals surface area contributed by atoms with Gasteiger partial charge in [0, 0.05) is 12.1 Å². The largest absolute Gasteiger partial charge is 0.376 e. The summed E-state index contributed by atoms with van der Waals surface area (Å²) in [6, 6.07) is 8.47. The summed E-state index contributed by atoms with van der Waals surface area (Å²) in [5.41, 5.74) is 1.19. The smallest absolute Gasteiger partial charge is 0.0872 e. The summed E-state index contributed by atoms with van der Waals surface area (Å²) in [6.07, 6.45) is 5.85. The molecule has 1 saturated carbocycles. The molecule has 1 N–H and O–H groups in total. The molecule has 0 heterocycles. The Labute approximate surface area is 134 Å². The fourth-order valence-corrected chi connectivity index (χ4v) is 3.54. The van der Waals surface area contributed by atoms with E-state index in [0.29, 0.717) is 0 Å². The van der Waals surface area contributed by atoms with Gasteiger partial charge in [0.2, 0.25) is 0 Å². The van der Waals surface area contributed by atoms with Crippen LogP contribution in [0.2, 0.25) is 5.02 Å². The zero-order valence-electron chi connectivity index (χ0n) is 13.5. The van der Waals surface area contributed by atoms with Crippen molar-refractivity contribution in [3.63, 3.8) is 0 Å². The first-order valence-electron chi connectivity index (χ1n) is 8.15. The summed E-state index contributed by atoms with van der Waals surface area (Å²) in [5, 5.41) is 4.50. The molecular weight excluding hydrogens is 282 g/mol. The minimum Gasteiger partial charge on any atom is -0.376 e. The van der Waals surface area contributed by atoms with Crippen molar-refractivity contribution in [1.82, 2.24) is 5.32 Å². The van der Waals surface area contributed by atoms with Crippen LogP contribution in [0, 0.1) is 5.92 Å². The lowest BCUT2D eigenvalue weighted by atomic mass is 9.73. The Morgan fingerprint density at radius 2 is 1.90 bits per heavy atom. The number of ether oxygens (including phenoxy) is 1. The molecule has 0 amide bonds. The topological polar surface area (TPSA) is 21.3 Å². The average Bonchev–Trinajstić information content (AvgIpc) is 2.51. The summed E-state index contributed by atoms with van der Waals surface area (Å²) in [4.78, 5) is 0. The Balaban J connectivity index is 2.26. The van der Waals surface area contributed by atoms with Gasteiger partial charge in [0.1, 0.15) is 0 Å². The van der Waals surface area contributed by atoms with Crippen molar-refractivity contribution in [3.8, 4) is 0 Å². The van der Waals surface area contributed by atoms with Crippen molar-refractivity contribution in [2.75, 3.05) is 13.7 Å². The molecule has 3 heteroatoms. The molecule has 1 aliphatic carbocycles. The minimum atomic E-state index is -0.0878. The molecule has 21 heavy (non-hydrogen) atoms. The van der Waals surface area contributed by atoms with E-state index in [1.54, 1.807) is 0 Å². The van der Waals surface area contributed by atoms with E-state index in [4.69, 9.17) is 16.3 Å². The number of nitrogens with one attached hydrogen (secondary N) is 1. The van der Waals surface area contributed by atoms with Gasteiger partial charge in [-0.1, -0.05) is 37.6 Å². The zero-order chi connectivity index (χ0) is 15.3. The average molecular weight is 310 g/mol. The van der Waals surface area contributed by atoms with Crippen LogP contribution < -0.4 is 5.32 Å². The fourth-order valence-electron chi connectivity index (χ4n) is 3.41. The van der Waals surface area contributed by atoms with E-state index in [0.717, 1.165) is 36.7 Å². The fraction of sp³-hybridized carbons (Fsp3) is 0.667. The van der Waals surface area contributed by atoms with Crippen LogP contribution in [0.15, 0.2) is 24.3 Å². The van der Waals surface area contributed by atoms with Gasteiger partial charge in [0.15, 0.2) is 0 Å². The third-order valence-corrected chi connectivity index (χ3v) is 5.11. The van der Waals surface area contributed by atoms with E-state index in [1.807, 2.05) is 19.2 Å². The van der Waals surface area contributed by atoms with Gasteiger partial charge in [0.25, 0.3) is 0 Å². The molecule has 0 saturated heterocycles. The second-order valence-electron chi connectivity index (χ2n) is 6.39. The summed E-state index contributed by atoms with van der Waals surface area (Å²) in [7, 11) is 1.87. The maximum Gasteiger partial charge on any atom is 0.0872 e. The molecule has 0 aromatic heterocycles. The van der Waals surface area contributed by atoms with Gasteiger partial charge in [0.05, 0.1) is 11.6 Å². The summed E-state index contributed by atoms with van der Waals surface area (Å²) in [6.45, 7) is 5.55. The predicted octanol–water partition coefficient (Wildman–Crippen LogP) is 4.98. The number of methoxy groups -OCH3 is 1. The number of hydrogen-bond acceptors (Lipinski definition) is 2. The molecule has 118 valence electrons. The van der Waals surface area contributed by atoms with Gasteiger partial charge >= 0.3 is 0 Å². The maximum absolute atomic E-state index is 6.08. The van der Waals surface area contributed by atoms with E-state index < -0.39 is 0 Å². The van der Waals surface area contributed by atoms with Crippen molar-refractivity contribution < 1.29 is 4.74 Å². The van der Waals surface area contributed by atoms with Gasteiger partial charge in [-0.3, -0.25) is 0 Å². The van der Waals surface area contributed by atoms with Crippen molar-refractivity contribution in [1.29, 1.82) is 0 Å². The highest BCUT2D eigenvalue weighted by molar-refractivity contribution is 6.30. The first-order chi connectivity index (χ1) is 10.1. The molecule has 1 atom stereocenters. The molecule has 1 aliphatic rings. The molecule has 0 spiro atoms. The monoisotopic (exact) mass is 309 g/mol. The van der Waals surface area contributed by atoms with Crippen molar-refractivity contribution in [3.05, 3.63) is 34.9 Å². The second-order valence-corrected chi connectivity index (χ2v) is 6.83. The highest BCUT2D eigenvalue weighted by Crippen LogP contribution is 2.43. The highest BCUT2D eigenvalue weighted by Gasteiger charge is 2.41. The Bertz CT molecular complexity index is 423. The Kier molecular flexibility index (Phi) is 6.09. The number of rotatable bonds is 6. The van der Waals surface area contributed by atoms with Gasteiger partial charge < -0.3 is 10.1 Å². The normalized spacial score (nSPS) is 27.5. The van der Waals surface area contributed by atoms with E-state index in [9.17, 15) is 0 Å². The van der Waals surface area contributed by atoms with Crippen LogP contribution in [0.1, 0.15) is 57.6 Å². The quantitative estimate of drug-likeness (QED) is 0.800. The molecule has 2 rings (SSSR count). The van der Waals surface area contributed by atoms with Crippen LogP contribution in [0.25, 0.3) is 0 Å². The standard InChI is InChI=1S/C18H28ClNO/c1-4-13-20-17(15-5-7-16(19)8-6-15)18(21-3)11-9-14(2)10-12-18/h5-8,14,17,20H,4,9-13H2,1-3H3. The lowest BCUT2D eigenvalue weighted by Gasteiger charge is -2.44. The first kappa shape index (κ1) is 16.8. The highest BCUT2D eigenvalue weighted by atomic mass is 35.5. The third-order valence-electron chi connectivity index (χ3n) is 4.86. The molecular formula is C18H28ClNO. The Morgan fingerprint density at radius 1 is 1.29 bits per heavy atom. The zero-order valence-corrected chi connectivity index (χ0v) is 14.2. The van der Waals surface area contributed by atoms with Gasteiger partial charge in [-0.05, 0) is 62.3 Å². The lowest BCUT2D eigenvalue weighted by molar-refractivity contribution is -0.0760. The number of benzene rings is 1. The Hall–Kier alpha value is -0.570. The van der Waals surface area contributed by atoms with Gasteiger partial charge in [-0.2, -0.15) is 0 Å². The second kappa shape index (κ2) is 7.62. The van der Waals surface area contributed by atoms with Crippen LogP contribution in [0.4, 0.5) is 0 Å². The molecule has 1 aromatic rings. The summed E-state index contributed by atoms with van der Waals surface area (Å²) >= 11 is 6.04. The molecule has 0 radical (unpaired) electrons. The number of hydrogen-bond donors (Lipinski definition) is 1. The van der Waals surface area contributed by atoms with Crippen LogP contribution in [-0.4, -0.2) is 19.3 Å². The van der Waals surface area contributed by atoms with Crippen LogP contribution in [0.3, 0.4) is 0 Å². The molecule has 1 unspecified atom stereocenters. The maximum atomic E-state index is 6.08. The van der Waals surface area contributed by atoms with Crippen LogP contribution >= 0.6 is 11.6 Å². The van der Waals surface area contributed by atoms with Crippen molar-refractivity contribution in [2.45, 2.75) is 57.6 Å². The van der Waals surface area contributed by atoms with E-state index in [-0.39, 0.29) is 11.6 Å². The van der Waals surface area contributed by atoms with E-state index >= 15 is 0 Å². The van der Waals surface area contributed by atoms with E-state index in [1.165, 1.54) is 18.4 Å². The predicted molar refractivity (Wildman–Crippen MR) is 89.9 cm³/mol. The molecule has 1 aromatic carbocycles. The summed E-state index contributed by atoms with van der Waals surface area (Å²) in [5.74, 6) is 0.810.